The summed E-state index contributed by atoms with van der Waals surface area (Å²) in [5.41, 5.74) is 2.97. The van der Waals surface area contributed by atoms with E-state index in [9.17, 15) is 20.3 Å². The molecule has 0 saturated carbocycles. The number of hydrogen-bond donors (Lipinski definition) is 3. The quantitative estimate of drug-likeness (QED) is 0.443. The van der Waals surface area contributed by atoms with Gasteiger partial charge in [0.05, 0.1) is 23.9 Å². The first-order valence-corrected chi connectivity index (χ1v) is 6.14. The molecule has 0 aliphatic heterocycles. The summed E-state index contributed by atoms with van der Waals surface area (Å²) < 4.78 is 5.02. The second-order valence-corrected chi connectivity index (χ2v) is 4.26. The maximum atomic E-state index is 10.7. The molecule has 114 valence electrons. The van der Waals surface area contributed by atoms with Crippen LogP contribution >= 0.6 is 0 Å². The number of nitro benzene ring substituents is 1. The minimum Gasteiger partial charge on any atom is -0.507 e. The van der Waals surface area contributed by atoms with Crippen molar-refractivity contribution in [1.82, 2.24) is 0 Å². The highest BCUT2D eigenvalue weighted by Crippen LogP contribution is 2.32. The Bertz CT molecular complexity index is 713. The van der Waals surface area contributed by atoms with Gasteiger partial charge < -0.3 is 14.9 Å². The maximum Gasteiger partial charge on any atom is 0.311 e. The number of nitro groups is 1. The molecule has 0 radical (unpaired) electrons. The third-order valence-corrected chi connectivity index (χ3v) is 2.81. The molecule has 0 aromatic heterocycles. The minimum absolute atomic E-state index is 0.102. The number of phenols is 2. The van der Waals surface area contributed by atoms with Gasteiger partial charge in [-0.1, -0.05) is 0 Å². The van der Waals surface area contributed by atoms with Gasteiger partial charge in [0.25, 0.3) is 0 Å². The molecule has 22 heavy (non-hydrogen) atoms. The van der Waals surface area contributed by atoms with Gasteiger partial charge in [-0.25, -0.2) is 0 Å². The summed E-state index contributed by atoms with van der Waals surface area (Å²) >= 11 is 0. The molecule has 2 rings (SSSR count). The molecule has 0 amide bonds. The lowest BCUT2D eigenvalue weighted by Gasteiger charge is -2.03. The van der Waals surface area contributed by atoms with E-state index in [0.29, 0.717) is 11.4 Å². The molecule has 0 aliphatic carbocycles. The second kappa shape index (κ2) is 6.44. The van der Waals surface area contributed by atoms with E-state index in [-0.39, 0.29) is 11.3 Å². The van der Waals surface area contributed by atoms with Crippen LogP contribution in [-0.4, -0.2) is 28.5 Å². The first kappa shape index (κ1) is 15.1. The van der Waals surface area contributed by atoms with E-state index in [1.54, 1.807) is 31.4 Å². The normalized spacial score (nSPS) is 10.6. The second-order valence-electron chi connectivity index (χ2n) is 4.26. The van der Waals surface area contributed by atoms with Crippen molar-refractivity contribution in [2.45, 2.75) is 0 Å². The van der Waals surface area contributed by atoms with E-state index in [2.05, 4.69) is 10.5 Å². The fourth-order valence-electron chi connectivity index (χ4n) is 1.67. The molecule has 8 heteroatoms. The summed E-state index contributed by atoms with van der Waals surface area (Å²) in [6, 6.07) is 8.86. The Morgan fingerprint density at radius 2 is 1.91 bits per heavy atom. The van der Waals surface area contributed by atoms with Crippen LogP contribution in [0.5, 0.6) is 17.2 Å². The van der Waals surface area contributed by atoms with Crippen molar-refractivity contribution in [3.8, 4) is 17.2 Å². The topological polar surface area (TPSA) is 117 Å². The number of benzene rings is 2. The van der Waals surface area contributed by atoms with Crippen LogP contribution in [0, 0.1) is 10.1 Å². The number of nitrogens with one attached hydrogen (secondary N) is 1. The molecule has 0 spiro atoms. The van der Waals surface area contributed by atoms with Gasteiger partial charge in [0.15, 0.2) is 5.75 Å². The zero-order valence-corrected chi connectivity index (χ0v) is 11.6. The molecule has 0 aliphatic rings. The molecular formula is C14H13N3O5. The summed E-state index contributed by atoms with van der Waals surface area (Å²) in [7, 11) is 1.56. The number of hydrogen-bond acceptors (Lipinski definition) is 7. The summed E-state index contributed by atoms with van der Waals surface area (Å²) in [5.74, 6) is -0.229. The average Bonchev–Trinajstić information content (AvgIpc) is 2.49. The summed E-state index contributed by atoms with van der Waals surface area (Å²) in [6.07, 6.45) is 1.21. The van der Waals surface area contributed by atoms with Crippen LogP contribution in [0.25, 0.3) is 0 Å². The molecule has 3 N–H and O–H groups in total. The Balaban J connectivity index is 2.15. The van der Waals surface area contributed by atoms with Gasteiger partial charge in [0.1, 0.15) is 11.5 Å². The lowest BCUT2D eigenvalue weighted by atomic mass is 10.2. The molecular weight excluding hydrogens is 290 g/mol. The molecule has 2 aromatic carbocycles. The van der Waals surface area contributed by atoms with Gasteiger partial charge in [-0.15, -0.1) is 0 Å². The number of phenolic OH excluding ortho intramolecular Hbond substituents is 2. The number of nitrogens with zero attached hydrogens (tertiary/aromatic N) is 2. The fraction of sp³-hybridized carbons (Fsp3) is 0.0714. The van der Waals surface area contributed by atoms with Gasteiger partial charge in [0, 0.05) is 17.7 Å². The third-order valence-electron chi connectivity index (χ3n) is 2.81. The van der Waals surface area contributed by atoms with E-state index >= 15 is 0 Å². The monoisotopic (exact) mass is 303 g/mol. The van der Waals surface area contributed by atoms with E-state index < -0.39 is 16.4 Å². The van der Waals surface area contributed by atoms with Crippen LogP contribution < -0.4 is 10.2 Å². The SMILES string of the molecule is COc1ccc(N/N=C/c2cc([N+](=O)[O-])c(O)cc2O)cc1. The van der Waals surface area contributed by atoms with Gasteiger partial charge in [0.2, 0.25) is 0 Å². The number of anilines is 1. The van der Waals surface area contributed by atoms with Crippen molar-refractivity contribution >= 4 is 17.6 Å². The highest BCUT2D eigenvalue weighted by Gasteiger charge is 2.16. The standard InChI is InChI=1S/C14H13N3O5/c1-22-11-4-2-10(3-5-11)16-15-8-9-6-12(17(20)21)14(19)7-13(9)18/h2-8,16,18-19H,1H3/b15-8+. The van der Waals surface area contributed by atoms with Crippen LogP contribution in [0.3, 0.4) is 0 Å². The molecule has 0 unspecified atom stereocenters. The molecule has 0 bridgehead atoms. The largest absolute Gasteiger partial charge is 0.507 e. The van der Waals surface area contributed by atoms with Crippen molar-refractivity contribution in [3.63, 3.8) is 0 Å². The van der Waals surface area contributed by atoms with E-state index in [1.807, 2.05) is 0 Å². The summed E-state index contributed by atoms with van der Waals surface area (Å²) in [4.78, 5) is 9.99. The Morgan fingerprint density at radius 1 is 1.23 bits per heavy atom. The third kappa shape index (κ3) is 3.42. The van der Waals surface area contributed by atoms with E-state index in [1.165, 1.54) is 6.21 Å². The molecule has 0 fully saturated rings. The Kier molecular flexibility index (Phi) is 4.42. The van der Waals surface area contributed by atoms with Gasteiger partial charge in [-0.05, 0) is 24.3 Å². The molecule has 8 nitrogen and oxygen atoms in total. The zero-order valence-electron chi connectivity index (χ0n) is 11.6. The van der Waals surface area contributed by atoms with Gasteiger partial charge in [-0.2, -0.15) is 5.10 Å². The van der Waals surface area contributed by atoms with E-state index in [4.69, 9.17) is 4.74 Å². The molecule has 0 atom stereocenters. The Morgan fingerprint density at radius 3 is 2.50 bits per heavy atom. The fourth-order valence-corrected chi connectivity index (χ4v) is 1.67. The van der Waals surface area contributed by atoms with Crippen molar-refractivity contribution in [2.24, 2.45) is 5.10 Å². The molecule has 2 aromatic rings. The number of ether oxygens (including phenoxy) is 1. The highest BCUT2D eigenvalue weighted by molar-refractivity contribution is 5.86. The smallest absolute Gasteiger partial charge is 0.311 e. The van der Waals surface area contributed by atoms with E-state index in [0.717, 1.165) is 12.1 Å². The number of rotatable bonds is 5. The maximum absolute atomic E-state index is 10.7. The van der Waals surface area contributed by atoms with Crippen LogP contribution in [0.2, 0.25) is 0 Å². The van der Waals surface area contributed by atoms with Crippen molar-refractivity contribution in [3.05, 3.63) is 52.1 Å². The first-order chi connectivity index (χ1) is 10.5. The summed E-state index contributed by atoms with van der Waals surface area (Å²) in [5, 5.41) is 33.6. The van der Waals surface area contributed by atoms with Gasteiger partial charge in [-0.3, -0.25) is 15.5 Å². The number of methoxy groups -OCH3 is 1. The molecule has 0 heterocycles. The predicted molar refractivity (Wildman–Crippen MR) is 80.6 cm³/mol. The minimum atomic E-state index is -0.747. The Hall–Kier alpha value is -3.29. The van der Waals surface area contributed by atoms with Crippen LogP contribution in [0.1, 0.15) is 5.56 Å². The van der Waals surface area contributed by atoms with Crippen molar-refractivity contribution in [1.29, 1.82) is 0 Å². The number of aromatic hydroxyl groups is 2. The van der Waals surface area contributed by atoms with Crippen molar-refractivity contribution < 1.29 is 19.9 Å². The Labute approximate surface area is 125 Å². The average molecular weight is 303 g/mol. The zero-order chi connectivity index (χ0) is 16.1. The van der Waals surface area contributed by atoms with Gasteiger partial charge >= 0.3 is 5.69 Å². The highest BCUT2D eigenvalue weighted by atomic mass is 16.6. The van der Waals surface area contributed by atoms with Crippen LogP contribution in [-0.2, 0) is 0 Å². The lowest BCUT2D eigenvalue weighted by molar-refractivity contribution is -0.385. The van der Waals surface area contributed by atoms with Crippen molar-refractivity contribution in [2.75, 3.05) is 12.5 Å². The number of hydrazone groups is 1. The lowest BCUT2D eigenvalue weighted by Crippen LogP contribution is -1.94. The predicted octanol–water partition coefficient (Wildman–Crippen LogP) is 2.46. The first-order valence-electron chi connectivity index (χ1n) is 6.14. The van der Waals surface area contributed by atoms with Crippen LogP contribution in [0.4, 0.5) is 11.4 Å². The van der Waals surface area contributed by atoms with Crippen LogP contribution in [0.15, 0.2) is 41.5 Å². The summed E-state index contributed by atoms with van der Waals surface area (Å²) in [6.45, 7) is 0. The molecule has 0 saturated heterocycles.